The number of nitrogens with one attached hydrogen (secondary N) is 1. The standard InChI is InChI=1S/C25H22INO5/c1-16-8-10-17(11-9-16)15-32-23-20(26)12-18(14-22(23)31-2)13-21(25(29)30)27-24(28)19-6-4-3-5-7-19/h3-14H,15H2,1-2H3,(H,27,28)(H,29,30). The Labute approximate surface area is 200 Å². The molecule has 0 fully saturated rings. The number of aliphatic carboxylic acids is 1. The fourth-order valence-corrected chi connectivity index (χ4v) is 3.69. The third-order valence-electron chi connectivity index (χ3n) is 4.58. The van der Waals surface area contributed by atoms with Crippen LogP contribution in [-0.2, 0) is 11.4 Å². The molecule has 0 heterocycles. The fourth-order valence-electron chi connectivity index (χ4n) is 2.90. The second kappa shape index (κ2) is 10.8. The molecule has 0 atom stereocenters. The lowest BCUT2D eigenvalue weighted by molar-refractivity contribution is -0.132. The summed E-state index contributed by atoms with van der Waals surface area (Å²) < 4.78 is 12.2. The van der Waals surface area contributed by atoms with Crippen molar-refractivity contribution in [3.8, 4) is 11.5 Å². The summed E-state index contributed by atoms with van der Waals surface area (Å²) in [5.41, 5.74) is 2.87. The van der Waals surface area contributed by atoms with E-state index in [1.807, 2.05) is 31.2 Å². The number of hydrogen-bond acceptors (Lipinski definition) is 4. The predicted octanol–water partition coefficient (Wildman–Crippen LogP) is 5.04. The molecule has 2 N–H and O–H groups in total. The number of amides is 1. The van der Waals surface area contributed by atoms with Crippen molar-refractivity contribution >= 4 is 40.5 Å². The smallest absolute Gasteiger partial charge is 0.352 e. The Morgan fingerprint density at radius 1 is 1.06 bits per heavy atom. The molecule has 1 amide bonds. The van der Waals surface area contributed by atoms with Crippen LogP contribution in [0.3, 0.4) is 0 Å². The van der Waals surface area contributed by atoms with Crippen molar-refractivity contribution in [3.05, 3.63) is 98.3 Å². The maximum atomic E-state index is 12.4. The molecular weight excluding hydrogens is 521 g/mol. The zero-order valence-electron chi connectivity index (χ0n) is 17.6. The average Bonchev–Trinajstić information content (AvgIpc) is 2.79. The van der Waals surface area contributed by atoms with Crippen LogP contribution in [0, 0.1) is 10.5 Å². The van der Waals surface area contributed by atoms with Crippen LogP contribution >= 0.6 is 22.6 Å². The van der Waals surface area contributed by atoms with Crippen molar-refractivity contribution in [3.63, 3.8) is 0 Å². The van der Waals surface area contributed by atoms with E-state index in [4.69, 9.17) is 9.47 Å². The van der Waals surface area contributed by atoms with E-state index in [2.05, 4.69) is 27.9 Å². The van der Waals surface area contributed by atoms with Gasteiger partial charge in [-0.3, -0.25) is 4.79 Å². The number of carboxylic acid groups (broad SMARTS) is 1. The highest BCUT2D eigenvalue weighted by Crippen LogP contribution is 2.35. The number of benzene rings is 3. The van der Waals surface area contributed by atoms with Gasteiger partial charge < -0.3 is 19.9 Å². The van der Waals surface area contributed by atoms with E-state index in [1.165, 1.54) is 18.7 Å². The van der Waals surface area contributed by atoms with Gasteiger partial charge in [0.15, 0.2) is 11.5 Å². The number of halogens is 1. The first-order valence-corrected chi connectivity index (χ1v) is 10.8. The Balaban J connectivity index is 1.83. The third kappa shape index (κ3) is 6.10. The lowest BCUT2D eigenvalue weighted by Gasteiger charge is -2.14. The zero-order valence-corrected chi connectivity index (χ0v) is 19.8. The monoisotopic (exact) mass is 543 g/mol. The van der Waals surface area contributed by atoms with Crippen LogP contribution in [0.1, 0.15) is 27.0 Å². The van der Waals surface area contributed by atoms with Crippen LogP contribution in [0.25, 0.3) is 6.08 Å². The van der Waals surface area contributed by atoms with Gasteiger partial charge in [-0.15, -0.1) is 0 Å². The summed E-state index contributed by atoms with van der Waals surface area (Å²) in [6.45, 7) is 2.39. The summed E-state index contributed by atoms with van der Waals surface area (Å²) in [5, 5.41) is 12.0. The van der Waals surface area contributed by atoms with Crippen LogP contribution in [0.5, 0.6) is 11.5 Å². The van der Waals surface area contributed by atoms with E-state index in [0.717, 1.165) is 9.13 Å². The van der Waals surface area contributed by atoms with E-state index in [1.54, 1.807) is 42.5 Å². The number of carbonyl (C=O) groups excluding carboxylic acids is 1. The molecule has 0 aliphatic rings. The van der Waals surface area contributed by atoms with E-state index >= 15 is 0 Å². The van der Waals surface area contributed by atoms with Crippen LogP contribution in [-0.4, -0.2) is 24.1 Å². The first-order valence-electron chi connectivity index (χ1n) is 9.74. The highest BCUT2D eigenvalue weighted by atomic mass is 127. The Kier molecular flexibility index (Phi) is 7.88. The molecule has 3 rings (SSSR count). The molecule has 3 aromatic rings. The molecule has 32 heavy (non-hydrogen) atoms. The summed E-state index contributed by atoms with van der Waals surface area (Å²) in [6.07, 6.45) is 1.39. The van der Waals surface area contributed by atoms with Gasteiger partial charge in [0.25, 0.3) is 5.91 Å². The van der Waals surface area contributed by atoms with E-state index in [-0.39, 0.29) is 5.70 Å². The lowest BCUT2D eigenvalue weighted by Crippen LogP contribution is -2.27. The molecule has 164 valence electrons. The van der Waals surface area contributed by atoms with Gasteiger partial charge in [0.2, 0.25) is 0 Å². The van der Waals surface area contributed by atoms with Crippen molar-refractivity contribution in [2.75, 3.05) is 7.11 Å². The van der Waals surface area contributed by atoms with Crippen molar-refractivity contribution in [2.24, 2.45) is 0 Å². The third-order valence-corrected chi connectivity index (χ3v) is 5.38. The number of rotatable bonds is 8. The van der Waals surface area contributed by atoms with Gasteiger partial charge in [-0.1, -0.05) is 48.0 Å². The Morgan fingerprint density at radius 2 is 1.75 bits per heavy atom. The minimum atomic E-state index is -1.25. The molecule has 0 radical (unpaired) electrons. The van der Waals surface area contributed by atoms with E-state index in [0.29, 0.717) is 29.2 Å². The highest BCUT2D eigenvalue weighted by molar-refractivity contribution is 14.1. The van der Waals surface area contributed by atoms with Crippen molar-refractivity contribution < 1.29 is 24.2 Å². The minimum absolute atomic E-state index is 0.245. The molecule has 6 nitrogen and oxygen atoms in total. The number of ether oxygens (including phenoxy) is 2. The Morgan fingerprint density at radius 3 is 2.38 bits per heavy atom. The lowest BCUT2D eigenvalue weighted by atomic mass is 10.1. The summed E-state index contributed by atoms with van der Waals surface area (Å²) in [6, 6.07) is 19.9. The summed E-state index contributed by atoms with van der Waals surface area (Å²) in [7, 11) is 1.52. The van der Waals surface area contributed by atoms with E-state index < -0.39 is 11.9 Å². The first kappa shape index (κ1) is 23.3. The quantitative estimate of drug-likeness (QED) is 0.307. The largest absolute Gasteiger partial charge is 0.493 e. The van der Waals surface area contributed by atoms with Gasteiger partial charge in [-0.2, -0.15) is 0 Å². The number of methoxy groups -OCH3 is 1. The first-order chi connectivity index (χ1) is 15.4. The Bertz CT molecular complexity index is 1140. The molecule has 0 aliphatic carbocycles. The second-order valence-electron chi connectivity index (χ2n) is 6.99. The molecule has 0 bridgehead atoms. The summed E-state index contributed by atoms with van der Waals surface area (Å²) >= 11 is 2.11. The molecule has 0 saturated carbocycles. The normalized spacial score (nSPS) is 11.0. The van der Waals surface area contributed by atoms with Gasteiger partial charge in [-0.05, 0) is 71.0 Å². The van der Waals surface area contributed by atoms with Crippen LogP contribution in [0.15, 0.2) is 72.4 Å². The Hall–Kier alpha value is -3.33. The number of hydrogen-bond donors (Lipinski definition) is 2. The maximum absolute atomic E-state index is 12.4. The fraction of sp³-hybridized carbons (Fsp3) is 0.120. The second-order valence-corrected chi connectivity index (χ2v) is 8.15. The topological polar surface area (TPSA) is 84.9 Å². The van der Waals surface area contributed by atoms with Gasteiger partial charge in [0, 0.05) is 5.56 Å². The number of aryl methyl sites for hydroxylation is 1. The number of carbonyl (C=O) groups is 2. The SMILES string of the molecule is COc1cc(C=C(NC(=O)c2ccccc2)C(=O)O)cc(I)c1OCc1ccc(C)cc1. The van der Waals surface area contributed by atoms with Crippen LogP contribution < -0.4 is 14.8 Å². The molecule has 7 heteroatoms. The average molecular weight is 543 g/mol. The molecular formula is C25H22INO5. The predicted molar refractivity (Wildman–Crippen MR) is 131 cm³/mol. The van der Waals surface area contributed by atoms with Crippen LogP contribution in [0.2, 0.25) is 0 Å². The van der Waals surface area contributed by atoms with Crippen molar-refractivity contribution in [1.82, 2.24) is 5.32 Å². The number of carboxylic acids is 1. The molecule has 0 aromatic heterocycles. The molecule has 0 aliphatic heterocycles. The molecule has 0 spiro atoms. The van der Waals surface area contributed by atoms with Gasteiger partial charge >= 0.3 is 5.97 Å². The van der Waals surface area contributed by atoms with Crippen molar-refractivity contribution in [2.45, 2.75) is 13.5 Å². The highest BCUT2D eigenvalue weighted by Gasteiger charge is 2.16. The maximum Gasteiger partial charge on any atom is 0.352 e. The van der Waals surface area contributed by atoms with Gasteiger partial charge in [0.1, 0.15) is 12.3 Å². The molecule has 3 aromatic carbocycles. The molecule has 0 unspecified atom stereocenters. The van der Waals surface area contributed by atoms with E-state index in [9.17, 15) is 14.7 Å². The van der Waals surface area contributed by atoms with Crippen molar-refractivity contribution in [1.29, 1.82) is 0 Å². The zero-order chi connectivity index (χ0) is 23.1. The minimum Gasteiger partial charge on any atom is -0.493 e. The summed E-state index contributed by atoms with van der Waals surface area (Å²) in [5.74, 6) is -0.715. The molecule has 0 saturated heterocycles. The van der Waals surface area contributed by atoms with Gasteiger partial charge in [-0.25, -0.2) is 4.79 Å². The summed E-state index contributed by atoms with van der Waals surface area (Å²) in [4.78, 5) is 24.1. The van der Waals surface area contributed by atoms with Crippen LogP contribution in [0.4, 0.5) is 0 Å². The van der Waals surface area contributed by atoms with Gasteiger partial charge in [0.05, 0.1) is 10.7 Å².